The summed E-state index contributed by atoms with van der Waals surface area (Å²) >= 11 is 0. The summed E-state index contributed by atoms with van der Waals surface area (Å²) in [6.07, 6.45) is 0. The third-order valence-electron chi connectivity index (χ3n) is 4.76. The summed E-state index contributed by atoms with van der Waals surface area (Å²) in [7, 11) is 0. The van der Waals surface area contributed by atoms with Gasteiger partial charge in [0.25, 0.3) is 0 Å². The molecule has 0 spiro atoms. The fourth-order valence-corrected chi connectivity index (χ4v) is 3.14. The number of guanidine groups is 1. The summed E-state index contributed by atoms with van der Waals surface area (Å²) in [5, 5.41) is 6.74. The third-order valence-corrected chi connectivity index (χ3v) is 4.76. The summed E-state index contributed by atoms with van der Waals surface area (Å²) in [6.45, 7) is 13.9. The normalized spacial score (nSPS) is 17.4. The Morgan fingerprint density at radius 2 is 2.00 bits per heavy atom. The molecule has 5 nitrogen and oxygen atoms in total. The third kappa shape index (κ3) is 6.25. The van der Waals surface area contributed by atoms with Gasteiger partial charge in [-0.15, -0.1) is 0 Å². The highest BCUT2D eigenvalue weighted by molar-refractivity contribution is 5.79. The average molecular weight is 365 g/mol. The van der Waals surface area contributed by atoms with Gasteiger partial charge in [-0.1, -0.05) is 26.0 Å². The van der Waals surface area contributed by atoms with Crippen molar-refractivity contribution in [1.29, 1.82) is 0 Å². The Morgan fingerprint density at radius 1 is 1.27 bits per heavy atom. The van der Waals surface area contributed by atoms with Gasteiger partial charge in [0.1, 0.15) is 5.82 Å². The summed E-state index contributed by atoms with van der Waals surface area (Å²) < 4.78 is 19.2. The number of benzene rings is 1. The lowest BCUT2D eigenvalue weighted by Gasteiger charge is -2.37. The highest BCUT2D eigenvalue weighted by Gasteiger charge is 2.23. The van der Waals surface area contributed by atoms with Gasteiger partial charge in [0.05, 0.1) is 19.8 Å². The van der Waals surface area contributed by atoms with Gasteiger partial charge >= 0.3 is 0 Å². The standard InChI is InChI=1S/C20H33FN4O/c1-5-22-20(23-13-17-7-6-16(4)18(21)12-17)24-14-19(15(2)3)25-8-10-26-11-9-25/h6-7,12,15,19H,5,8-11,13-14H2,1-4H3,(H2,22,23,24). The Morgan fingerprint density at radius 3 is 2.62 bits per heavy atom. The first-order valence-electron chi connectivity index (χ1n) is 9.60. The molecule has 1 aromatic rings. The van der Waals surface area contributed by atoms with Gasteiger partial charge in [0.15, 0.2) is 5.96 Å². The molecule has 1 atom stereocenters. The van der Waals surface area contributed by atoms with E-state index < -0.39 is 0 Å². The monoisotopic (exact) mass is 364 g/mol. The lowest BCUT2D eigenvalue weighted by Crippen LogP contribution is -2.52. The number of halogens is 1. The summed E-state index contributed by atoms with van der Waals surface area (Å²) in [4.78, 5) is 7.10. The molecule has 6 heteroatoms. The van der Waals surface area contributed by atoms with Gasteiger partial charge in [-0.05, 0) is 37.0 Å². The number of nitrogens with zero attached hydrogens (tertiary/aromatic N) is 2. The highest BCUT2D eigenvalue weighted by atomic mass is 19.1. The van der Waals surface area contributed by atoms with Crippen LogP contribution < -0.4 is 10.6 Å². The van der Waals surface area contributed by atoms with Gasteiger partial charge in [0.2, 0.25) is 0 Å². The number of morpholine rings is 1. The number of hydrogen-bond donors (Lipinski definition) is 2. The first kappa shape index (κ1) is 20.6. The molecule has 0 radical (unpaired) electrons. The zero-order valence-corrected chi connectivity index (χ0v) is 16.5. The van der Waals surface area contributed by atoms with Crippen LogP contribution in [0.5, 0.6) is 0 Å². The Balaban J connectivity index is 1.97. The van der Waals surface area contributed by atoms with Crippen LogP contribution in [0.1, 0.15) is 31.9 Å². The number of rotatable bonds is 7. The molecule has 2 N–H and O–H groups in total. The molecule has 1 unspecified atom stereocenters. The van der Waals surface area contributed by atoms with Crippen molar-refractivity contribution in [2.75, 3.05) is 39.4 Å². The minimum Gasteiger partial charge on any atom is -0.379 e. The van der Waals surface area contributed by atoms with Crippen LogP contribution in [0.25, 0.3) is 0 Å². The van der Waals surface area contributed by atoms with Crippen molar-refractivity contribution in [2.24, 2.45) is 10.9 Å². The minimum atomic E-state index is -0.178. The molecule has 1 saturated heterocycles. The second kappa shape index (κ2) is 10.5. The minimum absolute atomic E-state index is 0.178. The maximum Gasteiger partial charge on any atom is 0.191 e. The molecule has 1 heterocycles. The Bertz CT molecular complexity index is 585. The van der Waals surface area contributed by atoms with Gasteiger partial charge in [-0.25, -0.2) is 9.38 Å². The number of ether oxygens (including phenoxy) is 1. The molecule has 2 rings (SSSR count). The van der Waals surface area contributed by atoms with Crippen LogP contribution in [-0.2, 0) is 11.3 Å². The molecular formula is C20H33FN4O. The average Bonchev–Trinajstić information content (AvgIpc) is 2.63. The molecule has 0 aromatic heterocycles. The van der Waals surface area contributed by atoms with E-state index in [0.717, 1.165) is 50.9 Å². The van der Waals surface area contributed by atoms with Crippen molar-refractivity contribution in [1.82, 2.24) is 15.5 Å². The van der Waals surface area contributed by atoms with Crippen LogP contribution in [0, 0.1) is 18.7 Å². The SMILES string of the molecule is CCNC(=NCc1ccc(C)c(F)c1)NCC(C(C)C)N1CCOCC1. The largest absolute Gasteiger partial charge is 0.379 e. The number of aryl methyl sites for hydroxylation is 1. The van der Waals surface area contributed by atoms with Crippen LogP contribution in [-0.4, -0.2) is 56.3 Å². The van der Waals surface area contributed by atoms with Crippen molar-refractivity contribution < 1.29 is 9.13 Å². The van der Waals surface area contributed by atoms with E-state index in [-0.39, 0.29) is 5.82 Å². The van der Waals surface area contributed by atoms with Crippen LogP contribution >= 0.6 is 0 Å². The molecule has 1 aliphatic heterocycles. The van der Waals surface area contributed by atoms with Crippen molar-refractivity contribution >= 4 is 5.96 Å². The molecule has 1 aliphatic rings. The van der Waals surface area contributed by atoms with E-state index in [0.29, 0.717) is 24.1 Å². The quantitative estimate of drug-likeness (QED) is 0.577. The van der Waals surface area contributed by atoms with Crippen molar-refractivity contribution in [3.05, 3.63) is 35.1 Å². The van der Waals surface area contributed by atoms with E-state index in [2.05, 4.69) is 34.4 Å². The first-order valence-corrected chi connectivity index (χ1v) is 9.60. The van der Waals surface area contributed by atoms with E-state index >= 15 is 0 Å². The van der Waals surface area contributed by atoms with Crippen LogP contribution in [0.3, 0.4) is 0 Å². The smallest absolute Gasteiger partial charge is 0.191 e. The highest BCUT2D eigenvalue weighted by Crippen LogP contribution is 2.12. The van der Waals surface area contributed by atoms with Gasteiger partial charge in [-0.2, -0.15) is 0 Å². The number of aliphatic imine (C=N–C) groups is 1. The first-order chi connectivity index (χ1) is 12.5. The molecule has 0 saturated carbocycles. The predicted octanol–water partition coefficient (Wildman–Crippen LogP) is 2.55. The molecule has 1 aromatic carbocycles. The Hall–Kier alpha value is -1.66. The molecule has 0 bridgehead atoms. The van der Waals surface area contributed by atoms with E-state index in [1.54, 1.807) is 19.1 Å². The second-order valence-electron chi connectivity index (χ2n) is 7.12. The molecule has 0 aliphatic carbocycles. The summed E-state index contributed by atoms with van der Waals surface area (Å²) in [5.41, 5.74) is 1.53. The molecular weight excluding hydrogens is 331 g/mol. The van der Waals surface area contributed by atoms with Crippen molar-refractivity contribution in [3.63, 3.8) is 0 Å². The molecule has 146 valence electrons. The summed E-state index contributed by atoms with van der Waals surface area (Å²) in [5.74, 6) is 1.13. The fourth-order valence-electron chi connectivity index (χ4n) is 3.14. The van der Waals surface area contributed by atoms with E-state index in [4.69, 9.17) is 4.74 Å². The molecule has 0 amide bonds. The lowest BCUT2D eigenvalue weighted by atomic mass is 10.0. The fraction of sp³-hybridized carbons (Fsp3) is 0.650. The van der Waals surface area contributed by atoms with Crippen LogP contribution in [0.15, 0.2) is 23.2 Å². The Labute approximate surface area is 157 Å². The molecule has 26 heavy (non-hydrogen) atoms. The zero-order valence-electron chi connectivity index (χ0n) is 16.5. The second-order valence-corrected chi connectivity index (χ2v) is 7.12. The Kier molecular flexibility index (Phi) is 8.32. The molecule has 1 fully saturated rings. The number of hydrogen-bond acceptors (Lipinski definition) is 3. The van der Waals surface area contributed by atoms with E-state index in [1.165, 1.54) is 0 Å². The van der Waals surface area contributed by atoms with Crippen LogP contribution in [0.4, 0.5) is 4.39 Å². The van der Waals surface area contributed by atoms with Crippen molar-refractivity contribution in [2.45, 2.75) is 40.3 Å². The number of nitrogens with one attached hydrogen (secondary N) is 2. The topological polar surface area (TPSA) is 48.9 Å². The van der Waals surface area contributed by atoms with E-state index in [9.17, 15) is 4.39 Å². The van der Waals surface area contributed by atoms with Gasteiger partial charge in [0, 0.05) is 32.2 Å². The zero-order chi connectivity index (χ0) is 18.9. The van der Waals surface area contributed by atoms with Crippen molar-refractivity contribution in [3.8, 4) is 0 Å². The maximum absolute atomic E-state index is 13.7. The van der Waals surface area contributed by atoms with Crippen LogP contribution in [0.2, 0.25) is 0 Å². The van der Waals surface area contributed by atoms with E-state index in [1.807, 2.05) is 13.0 Å². The van der Waals surface area contributed by atoms with Gasteiger partial charge < -0.3 is 15.4 Å². The summed E-state index contributed by atoms with van der Waals surface area (Å²) in [6, 6.07) is 5.72. The van der Waals surface area contributed by atoms with Gasteiger partial charge in [-0.3, -0.25) is 4.90 Å². The predicted molar refractivity (Wildman–Crippen MR) is 105 cm³/mol. The lowest BCUT2D eigenvalue weighted by molar-refractivity contribution is 0.00752. The maximum atomic E-state index is 13.7.